The van der Waals surface area contributed by atoms with Crippen molar-refractivity contribution in [3.63, 3.8) is 0 Å². The van der Waals surface area contributed by atoms with E-state index < -0.39 is 6.04 Å². The SMILES string of the molecule is Cc1ncnc2c1c1ccccc1n2Cc1ccc(C(C(=O)N[C@@H](CO)c2ccccc2)C2CCCC2)cc1. The summed E-state index contributed by atoms with van der Waals surface area (Å²) in [6.07, 6.45) is 6.05. The minimum atomic E-state index is -0.414. The molecular formula is C33H34N4O2. The molecule has 0 saturated heterocycles. The van der Waals surface area contributed by atoms with Gasteiger partial charge in [-0.25, -0.2) is 9.97 Å². The van der Waals surface area contributed by atoms with Crippen molar-refractivity contribution in [1.82, 2.24) is 19.9 Å². The number of nitrogens with zero attached hydrogens (tertiary/aromatic N) is 3. The number of carbonyl (C=O) groups excluding carboxylic acids is 1. The molecule has 1 fully saturated rings. The van der Waals surface area contributed by atoms with E-state index in [1.54, 1.807) is 6.33 Å². The van der Waals surface area contributed by atoms with Crippen molar-refractivity contribution in [2.24, 2.45) is 5.92 Å². The lowest BCUT2D eigenvalue weighted by atomic mass is 9.83. The molecule has 6 heteroatoms. The van der Waals surface area contributed by atoms with Gasteiger partial charge in [-0.15, -0.1) is 0 Å². The molecule has 1 aliphatic rings. The fourth-order valence-electron chi connectivity index (χ4n) is 6.30. The zero-order valence-corrected chi connectivity index (χ0v) is 22.3. The molecule has 5 aromatic rings. The van der Waals surface area contributed by atoms with Crippen LogP contribution in [0.4, 0.5) is 0 Å². The molecule has 6 rings (SSSR count). The van der Waals surface area contributed by atoms with Crippen LogP contribution in [0, 0.1) is 12.8 Å². The first-order chi connectivity index (χ1) is 19.1. The van der Waals surface area contributed by atoms with Crippen LogP contribution in [0.3, 0.4) is 0 Å². The highest BCUT2D eigenvalue weighted by atomic mass is 16.3. The van der Waals surface area contributed by atoms with Gasteiger partial charge in [0.15, 0.2) is 0 Å². The number of hydrogen-bond donors (Lipinski definition) is 2. The third kappa shape index (κ3) is 4.92. The van der Waals surface area contributed by atoms with Gasteiger partial charge in [0.2, 0.25) is 5.91 Å². The second-order valence-corrected chi connectivity index (χ2v) is 10.7. The fraction of sp³-hybridized carbons (Fsp3) is 0.303. The second kappa shape index (κ2) is 11.0. The van der Waals surface area contributed by atoms with E-state index in [-0.39, 0.29) is 18.4 Å². The van der Waals surface area contributed by atoms with Crippen LogP contribution in [0.25, 0.3) is 21.9 Å². The van der Waals surface area contributed by atoms with Crippen LogP contribution in [-0.4, -0.2) is 32.2 Å². The number of nitrogens with one attached hydrogen (secondary N) is 1. The predicted molar refractivity (Wildman–Crippen MR) is 154 cm³/mol. The minimum Gasteiger partial charge on any atom is -0.394 e. The number of benzene rings is 3. The maximum Gasteiger partial charge on any atom is 0.228 e. The maximum absolute atomic E-state index is 13.7. The van der Waals surface area contributed by atoms with Gasteiger partial charge in [0.1, 0.15) is 12.0 Å². The number of aryl methyl sites for hydroxylation is 1. The van der Waals surface area contributed by atoms with Gasteiger partial charge in [0.25, 0.3) is 0 Å². The first kappa shape index (κ1) is 25.3. The summed E-state index contributed by atoms with van der Waals surface area (Å²) in [5.41, 5.74) is 6.16. The summed E-state index contributed by atoms with van der Waals surface area (Å²) < 4.78 is 2.25. The van der Waals surface area contributed by atoms with Crippen molar-refractivity contribution < 1.29 is 9.90 Å². The minimum absolute atomic E-state index is 0.00729. The van der Waals surface area contributed by atoms with Crippen LogP contribution in [0.15, 0.2) is 85.2 Å². The molecule has 0 radical (unpaired) electrons. The van der Waals surface area contributed by atoms with Crippen molar-refractivity contribution in [3.8, 4) is 0 Å². The fourth-order valence-corrected chi connectivity index (χ4v) is 6.30. The van der Waals surface area contributed by atoms with Crippen molar-refractivity contribution in [3.05, 3.63) is 108 Å². The van der Waals surface area contributed by atoms with Gasteiger partial charge < -0.3 is 15.0 Å². The standard InChI is InChI=1S/C33H34N4O2/c1-22-30-27-13-7-8-14-29(27)37(32(30)35-21-34-22)19-23-15-17-26(18-16-23)31(25-11-5-6-12-25)33(39)36-28(20-38)24-9-3-2-4-10-24/h2-4,7-10,13-18,21,25,28,31,38H,5-6,11-12,19-20H2,1H3,(H,36,39)/t28-,31?/m0/s1. The van der Waals surface area contributed by atoms with Crippen LogP contribution in [-0.2, 0) is 11.3 Å². The lowest BCUT2D eigenvalue weighted by molar-refractivity contribution is -0.124. The first-order valence-corrected chi connectivity index (χ1v) is 13.9. The highest BCUT2D eigenvalue weighted by Crippen LogP contribution is 2.38. The third-order valence-electron chi connectivity index (χ3n) is 8.27. The average Bonchev–Trinajstić information content (AvgIpc) is 3.61. The maximum atomic E-state index is 13.7. The summed E-state index contributed by atoms with van der Waals surface area (Å²) in [5.74, 6) is 0.0676. The number of para-hydroxylation sites is 1. The second-order valence-electron chi connectivity index (χ2n) is 10.7. The third-order valence-corrected chi connectivity index (χ3v) is 8.27. The molecule has 1 amide bonds. The zero-order valence-electron chi connectivity index (χ0n) is 22.3. The normalized spacial score (nSPS) is 15.5. The van der Waals surface area contributed by atoms with E-state index in [0.717, 1.165) is 70.0 Å². The highest BCUT2D eigenvalue weighted by Gasteiger charge is 2.33. The number of aliphatic hydroxyl groups is 1. The highest BCUT2D eigenvalue weighted by molar-refractivity contribution is 6.07. The van der Waals surface area contributed by atoms with E-state index in [1.165, 1.54) is 0 Å². The van der Waals surface area contributed by atoms with Crippen molar-refractivity contribution in [2.45, 2.75) is 51.1 Å². The van der Waals surface area contributed by atoms with Crippen molar-refractivity contribution in [1.29, 1.82) is 0 Å². The Labute approximate surface area is 228 Å². The molecule has 2 aromatic heterocycles. The predicted octanol–water partition coefficient (Wildman–Crippen LogP) is 6.06. The van der Waals surface area contributed by atoms with Crippen LogP contribution >= 0.6 is 0 Å². The molecule has 0 aliphatic heterocycles. The van der Waals surface area contributed by atoms with Crippen LogP contribution < -0.4 is 5.32 Å². The number of fused-ring (bicyclic) bond motifs is 3. The lowest BCUT2D eigenvalue weighted by Crippen LogP contribution is -2.37. The van der Waals surface area contributed by atoms with Gasteiger partial charge in [-0.3, -0.25) is 4.79 Å². The number of carbonyl (C=O) groups is 1. The van der Waals surface area contributed by atoms with E-state index in [1.807, 2.05) is 37.3 Å². The Morgan fingerprint density at radius 2 is 1.67 bits per heavy atom. The molecule has 0 spiro atoms. The van der Waals surface area contributed by atoms with Gasteiger partial charge in [-0.05, 0) is 48.4 Å². The molecule has 198 valence electrons. The molecule has 1 unspecified atom stereocenters. The van der Waals surface area contributed by atoms with E-state index in [9.17, 15) is 9.90 Å². The average molecular weight is 519 g/mol. The van der Waals surface area contributed by atoms with Gasteiger partial charge in [0, 0.05) is 17.3 Å². The first-order valence-electron chi connectivity index (χ1n) is 13.9. The van der Waals surface area contributed by atoms with E-state index >= 15 is 0 Å². The summed E-state index contributed by atoms with van der Waals surface area (Å²) in [6.45, 7) is 2.58. The molecular weight excluding hydrogens is 484 g/mol. The molecule has 2 N–H and O–H groups in total. The molecule has 2 heterocycles. The number of rotatable bonds is 8. The largest absolute Gasteiger partial charge is 0.394 e. The molecule has 6 nitrogen and oxygen atoms in total. The lowest BCUT2D eigenvalue weighted by Gasteiger charge is -2.26. The van der Waals surface area contributed by atoms with E-state index in [2.05, 4.69) is 68.4 Å². The number of hydrogen-bond acceptors (Lipinski definition) is 4. The van der Waals surface area contributed by atoms with Crippen LogP contribution in [0.1, 0.15) is 60.0 Å². The molecule has 0 bridgehead atoms. The Morgan fingerprint density at radius 3 is 2.41 bits per heavy atom. The van der Waals surface area contributed by atoms with Crippen LogP contribution in [0.2, 0.25) is 0 Å². The molecule has 3 aromatic carbocycles. The summed E-state index contributed by atoms with van der Waals surface area (Å²) in [7, 11) is 0. The Balaban J connectivity index is 1.29. The molecule has 1 saturated carbocycles. The van der Waals surface area contributed by atoms with Crippen molar-refractivity contribution in [2.75, 3.05) is 6.61 Å². The van der Waals surface area contributed by atoms with E-state index in [0.29, 0.717) is 12.5 Å². The Hall–Kier alpha value is -4.03. The molecule has 1 aliphatic carbocycles. The number of aromatic nitrogens is 3. The summed E-state index contributed by atoms with van der Waals surface area (Å²) >= 11 is 0. The number of amides is 1. The van der Waals surface area contributed by atoms with Crippen LogP contribution in [0.5, 0.6) is 0 Å². The summed E-state index contributed by atoms with van der Waals surface area (Å²) in [6, 6.07) is 26.2. The summed E-state index contributed by atoms with van der Waals surface area (Å²) in [5, 5.41) is 15.5. The molecule has 39 heavy (non-hydrogen) atoms. The smallest absolute Gasteiger partial charge is 0.228 e. The van der Waals surface area contributed by atoms with Gasteiger partial charge >= 0.3 is 0 Å². The molecule has 2 atom stereocenters. The topological polar surface area (TPSA) is 80.0 Å². The van der Waals surface area contributed by atoms with E-state index in [4.69, 9.17) is 0 Å². The van der Waals surface area contributed by atoms with Gasteiger partial charge in [-0.2, -0.15) is 0 Å². The Bertz CT molecular complexity index is 1590. The van der Waals surface area contributed by atoms with Gasteiger partial charge in [-0.1, -0.05) is 85.6 Å². The number of aliphatic hydroxyl groups excluding tert-OH is 1. The zero-order chi connectivity index (χ0) is 26.8. The summed E-state index contributed by atoms with van der Waals surface area (Å²) in [4.78, 5) is 22.8. The van der Waals surface area contributed by atoms with Crippen molar-refractivity contribution >= 4 is 27.8 Å². The quantitative estimate of drug-likeness (QED) is 0.262. The Kier molecular flexibility index (Phi) is 7.12. The monoisotopic (exact) mass is 518 g/mol. The van der Waals surface area contributed by atoms with Gasteiger partial charge in [0.05, 0.1) is 29.8 Å². The Morgan fingerprint density at radius 1 is 0.949 bits per heavy atom.